The fourth-order valence-electron chi connectivity index (χ4n) is 3.08. The van der Waals surface area contributed by atoms with Crippen molar-refractivity contribution in [3.8, 4) is 0 Å². The van der Waals surface area contributed by atoms with Crippen molar-refractivity contribution in [2.24, 2.45) is 5.84 Å². The first kappa shape index (κ1) is 15.9. The lowest BCUT2D eigenvalue weighted by atomic mass is 9.90. The van der Waals surface area contributed by atoms with Gasteiger partial charge in [0.25, 0.3) is 0 Å². The Labute approximate surface area is 128 Å². The van der Waals surface area contributed by atoms with E-state index in [1.165, 1.54) is 0 Å². The normalized spacial score (nSPS) is 19.4. The summed E-state index contributed by atoms with van der Waals surface area (Å²) in [7, 11) is 3.45. The number of rotatable bonds is 7. The molecule has 1 unspecified atom stereocenters. The molecule has 20 heavy (non-hydrogen) atoms. The van der Waals surface area contributed by atoms with E-state index in [0.29, 0.717) is 13.2 Å². The lowest BCUT2D eigenvalue weighted by molar-refractivity contribution is -0.0394. The molecule has 0 aliphatic heterocycles. The molecule has 0 spiro atoms. The third-order valence-corrected chi connectivity index (χ3v) is 4.77. The minimum absolute atomic E-state index is 0.0938. The molecule has 1 heterocycles. The van der Waals surface area contributed by atoms with Crippen LogP contribution < -0.4 is 11.3 Å². The Kier molecular flexibility index (Phi) is 5.57. The Morgan fingerprint density at radius 1 is 1.50 bits per heavy atom. The van der Waals surface area contributed by atoms with Gasteiger partial charge in [0.2, 0.25) is 0 Å². The first-order chi connectivity index (χ1) is 9.68. The van der Waals surface area contributed by atoms with Crippen LogP contribution in [0, 0.1) is 0 Å². The molecule has 1 aliphatic carbocycles. The topological polar surface area (TPSA) is 74.3 Å². The molecule has 114 valence electrons. The number of halogens is 1. The van der Waals surface area contributed by atoms with Crippen LogP contribution in [-0.2, 0) is 16.0 Å². The predicted molar refractivity (Wildman–Crippen MR) is 80.1 cm³/mol. The Morgan fingerprint density at radius 3 is 2.75 bits per heavy atom. The average molecular weight is 347 g/mol. The molecule has 7 heteroatoms. The Morgan fingerprint density at radius 2 is 2.20 bits per heavy atom. The lowest BCUT2D eigenvalue weighted by Crippen LogP contribution is -2.47. The number of aromatic nitrogens is 2. The van der Waals surface area contributed by atoms with Gasteiger partial charge in [-0.1, -0.05) is 12.8 Å². The SMILES string of the molecule is COCCn1ncc(Br)c1C(NN)C1(OC)CCCC1. The van der Waals surface area contributed by atoms with Crippen LogP contribution >= 0.6 is 15.9 Å². The van der Waals surface area contributed by atoms with Crippen molar-refractivity contribution in [1.29, 1.82) is 0 Å². The van der Waals surface area contributed by atoms with E-state index < -0.39 is 0 Å². The van der Waals surface area contributed by atoms with Crippen LogP contribution in [0.15, 0.2) is 10.7 Å². The van der Waals surface area contributed by atoms with Gasteiger partial charge in [-0.3, -0.25) is 10.5 Å². The van der Waals surface area contributed by atoms with Crippen molar-refractivity contribution in [1.82, 2.24) is 15.2 Å². The summed E-state index contributed by atoms with van der Waals surface area (Å²) < 4.78 is 13.9. The van der Waals surface area contributed by atoms with Crippen molar-refractivity contribution in [2.75, 3.05) is 20.8 Å². The average Bonchev–Trinajstić information content (AvgIpc) is 3.07. The first-order valence-electron chi connectivity index (χ1n) is 6.90. The third kappa shape index (κ3) is 2.92. The summed E-state index contributed by atoms with van der Waals surface area (Å²) in [6.07, 6.45) is 6.12. The Hall–Kier alpha value is -0.470. The Balaban J connectivity index is 2.33. The van der Waals surface area contributed by atoms with E-state index in [4.69, 9.17) is 15.3 Å². The molecule has 1 aromatic heterocycles. The van der Waals surface area contributed by atoms with E-state index in [0.717, 1.165) is 35.8 Å². The first-order valence-corrected chi connectivity index (χ1v) is 7.69. The fraction of sp³-hybridized carbons (Fsp3) is 0.769. The molecule has 1 atom stereocenters. The van der Waals surface area contributed by atoms with Gasteiger partial charge in [0.1, 0.15) is 0 Å². The second-order valence-electron chi connectivity index (χ2n) is 5.17. The van der Waals surface area contributed by atoms with E-state index in [9.17, 15) is 0 Å². The minimum atomic E-state index is -0.262. The zero-order valence-electron chi connectivity index (χ0n) is 12.1. The van der Waals surface area contributed by atoms with Crippen molar-refractivity contribution in [3.05, 3.63) is 16.4 Å². The molecule has 1 saturated carbocycles. The summed E-state index contributed by atoms with van der Waals surface area (Å²) in [5.74, 6) is 5.85. The predicted octanol–water partition coefficient (Wildman–Crippen LogP) is 1.76. The van der Waals surface area contributed by atoms with Gasteiger partial charge >= 0.3 is 0 Å². The maximum atomic E-state index is 5.85. The highest BCUT2D eigenvalue weighted by molar-refractivity contribution is 9.10. The zero-order chi connectivity index (χ0) is 14.6. The van der Waals surface area contributed by atoms with Crippen molar-refractivity contribution in [3.63, 3.8) is 0 Å². The van der Waals surface area contributed by atoms with Gasteiger partial charge in [-0.05, 0) is 28.8 Å². The monoisotopic (exact) mass is 346 g/mol. The molecule has 1 aromatic rings. The zero-order valence-corrected chi connectivity index (χ0v) is 13.6. The number of nitrogens with zero attached hydrogens (tertiary/aromatic N) is 2. The third-order valence-electron chi connectivity index (χ3n) is 4.16. The van der Waals surface area contributed by atoms with E-state index >= 15 is 0 Å². The number of methoxy groups -OCH3 is 2. The molecule has 1 fully saturated rings. The van der Waals surface area contributed by atoms with Gasteiger partial charge in [0, 0.05) is 14.2 Å². The second-order valence-corrected chi connectivity index (χ2v) is 6.02. The number of ether oxygens (including phenoxy) is 2. The van der Waals surface area contributed by atoms with E-state index in [1.54, 1.807) is 20.4 Å². The van der Waals surface area contributed by atoms with Crippen molar-refractivity contribution >= 4 is 15.9 Å². The standard InChI is InChI=1S/C13H23BrN4O2/c1-19-8-7-18-11(10(14)9-16-18)12(17-15)13(20-2)5-3-4-6-13/h9,12,17H,3-8,15H2,1-2H3. The van der Waals surface area contributed by atoms with Crippen LogP contribution in [0.2, 0.25) is 0 Å². The number of hydrazine groups is 1. The second kappa shape index (κ2) is 7.00. The van der Waals surface area contributed by atoms with Crippen molar-refractivity contribution in [2.45, 2.75) is 43.9 Å². The molecule has 6 nitrogen and oxygen atoms in total. The van der Waals surface area contributed by atoms with Gasteiger partial charge in [0.15, 0.2) is 0 Å². The molecular weight excluding hydrogens is 324 g/mol. The highest BCUT2D eigenvalue weighted by Gasteiger charge is 2.44. The Bertz CT molecular complexity index is 432. The molecule has 0 saturated heterocycles. The lowest BCUT2D eigenvalue weighted by Gasteiger charge is -2.36. The molecule has 0 amide bonds. The number of nitrogens with two attached hydrogens (primary N) is 1. The smallest absolute Gasteiger partial charge is 0.0929 e. The summed E-state index contributed by atoms with van der Waals surface area (Å²) in [4.78, 5) is 0. The van der Waals surface area contributed by atoms with Crippen LogP contribution in [0.4, 0.5) is 0 Å². The molecule has 1 aliphatic rings. The summed E-state index contributed by atoms with van der Waals surface area (Å²) in [5, 5.41) is 4.40. The van der Waals surface area contributed by atoms with Gasteiger partial charge in [-0.25, -0.2) is 5.43 Å². The summed E-state index contributed by atoms with van der Waals surface area (Å²) in [6.45, 7) is 1.30. The van der Waals surface area contributed by atoms with E-state index in [-0.39, 0.29) is 11.6 Å². The van der Waals surface area contributed by atoms with E-state index in [2.05, 4.69) is 26.5 Å². The fourth-order valence-corrected chi connectivity index (χ4v) is 3.60. The van der Waals surface area contributed by atoms with Crippen LogP contribution in [0.1, 0.15) is 37.4 Å². The molecule has 3 N–H and O–H groups in total. The van der Waals surface area contributed by atoms with Crippen LogP contribution in [0.3, 0.4) is 0 Å². The molecular formula is C13H23BrN4O2. The molecule has 0 bridgehead atoms. The summed E-state index contributed by atoms with van der Waals surface area (Å²) >= 11 is 3.58. The van der Waals surface area contributed by atoms with Gasteiger partial charge < -0.3 is 9.47 Å². The molecule has 0 aromatic carbocycles. The molecule has 0 radical (unpaired) electrons. The maximum Gasteiger partial charge on any atom is 0.0929 e. The summed E-state index contributed by atoms with van der Waals surface area (Å²) in [6, 6.07) is -0.0938. The number of hydrogen-bond donors (Lipinski definition) is 2. The highest BCUT2D eigenvalue weighted by atomic mass is 79.9. The molecule has 2 rings (SSSR count). The summed E-state index contributed by atoms with van der Waals surface area (Å²) in [5.41, 5.74) is 3.70. The van der Waals surface area contributed by atoms with Crippen LogP contribution in [0.5, 0.6) is 0 Å². The van der Waals surface area contributed by atoms with Gasteiger partial charge in [-0.15, -0.1) is 0 Å². The van der Waals surface area contributed by atoms with Crippen LogP contribution in [0.25, 0.3) is 0 Å². The number of nitrogens with one attached hydrogen (secondary N) is 1. The minimum Gasteiger partial charge on any atom is -0.383 e. The van der Waals surface area contributed by atoms with E-state index in [1.807, 2.05) is 4.68 Å². The highest BCUT2D eigenvalue weighted by Crippen LogP contribution is 2.43. The van der Waals surface area contributed by atoms with Crippen molar-refractivity contribution < 1.29 is 9.47 Å². The largest absolute Gasteiger partial charge is 0.383 e. The maximum absolute atomic E-state index is 5.85. The quantitative estimate of drug-likeness (QED) is 0.581. The van der Waals surface area contributed by atoms with Gasteiger partial charge in [-0.2, -0.15) is 5.10 Å². The number of hydrogen-bond acceptors (Lipinski definition) is 5. The van der Waals surface area contributed by atoms with Gasteiger partial charge in [0.05, 0.1) is 41.2 Å². The van der Waals surface area contributed by atoms with Crippen LogP contribution in [-0.4, -0.2) is 36.2 Å².